The van der Waals surface area contributed by atoms with E-state index in [0.717, 1.165) is 25.7 Å². The highest BCUT2D eigenvalue weighted by molar-refractivity contribution is 14.1. The molecular formula is C24H47IO4Si. The zero-order valence-corrected chi connectivity index (χ0v) is 23.9. The van der Waals surface area contributed by atoms with Gasteiger partial charge in [0.05, 0.1) is 30.5 Å². The molecule has 178 valence electrons. The third-order valence-electron chi connectivity index (χ3n) is 7.21. The van der Waals surface area contributed by atoms with Crippen LogP contribution in [0.3, 0.4) is 0 Å². The van der Waals surface area contributed by atoms with Gasteiger partial charge in [0.25, 0.3) is 0 Å². The molecule has 1 aliphatic rings. The molecule has 1 N–H and O–H groups in total. The van der Waals surface area contributed by atoms with Crippen molar-refractivity contribution in [2.75, 3.05) is 7.11 Å². The van der Waals surface area contributed by atoms with E-state index < -0.39 is 14.4 Å². The quantitative estimate of drug-likeness (QED) is 0.228. The lowest BCUT2D eigenvalue weighted by Crippen LogP contribution is -2.49. The molecule has 1 fully saturated rings. The van der Waals surface area contributed by atoms with E-state index in [-0.39, 0.29) is 29.3 Å². The Morgan fingerprint density at radius 1 is 1.23 bits per heavy atom. The highest BCUT2D eigenvalue weighted by Crippen LogP contribution is 2.40. The van der Waals surface area contributed by atoms with Crippen LogP contribution < -0.4 is 0 Å². The molecule has 0 aliphatic carbocycles. The molecule has 0 unspecified atom stereocenters. The van der Waals surface area contributed by atoms with Gasteiger partial charge in [0, 0.05) is 13.0 Å². The topological polar surface area (TPSA) is 47.9 Å². The summed E-state index contributed by atoms with van der Waals surface area (Å²) in [6.07, 6.45) is 7.17. The van der Waals surface area contributed by atoms with E-state index in [1.165, 1.54) is 0 Å². The van der Waals surface area contributed by atoms with E-state index in [1.54, 1.807) is 7.11 Å². The third-order valence-corrected chi connectivity index (χ3v) is 12.2. The fourth-order valence-electron chi connectivity index (χ4n) is 4.07. The standard InChI is InChI=1S/C24H47IO4Si/c1-17(12-13-20-16-21(27-7)15-18(2)28-20)23(19(3)22(26)11-10-14-25)29-30(8,9)24(4,5)6/h10,14,17-23,26H,11-13,15-16H2,1-9H3/b14-10+/t17-,18-,19+,20-,21+,22-,23-/m0/s1. The Bertz CT molecular complexity index is 520. The first kappa shape index (κ1) is 28.6. The summed E-state index contributed by atoms with van der Waals surface area (Å²) in [5.74, 6) is 0.439. The molecule has 30 heavy (non-hydrogen) atoms. The number of halogens is 1. The van der Waals surface area contributed by atoms with E-state index >= 15 is 0 Å². The Labute approximate surface area is 200 Å². The van der Waals surface area contributed by atoms with E-state index in [9.17, 15) is 5.11 Å². The maximum Gasteiger partial charge on any atom is 0.192 e. The number of hydrogen-bond donors (Lipinski definition) is 1. The van der Waals surface area contributed by atoms with Crippen molar-refractivity contribution in [1.82, 2.24) is 0 Å². The predicted octanol–water partition coefficient (Wildman–Crippen LogP) is 6.71. The average Bonchev–Trinajstić information content (AvgIpc) is 2.66. The number of aliphatic hydroxyl groups is 1. The van der Waals surface area contributed by atoms with E-state index in [2.05, 4.69) is 77.2 Å². The lowest BCUT2D eigenvalue weighted by molar-refractivity contribution is -0.103. The number of rotatable bonds is 11. The van der Waals surface area contributed by atoms with E-state index in [0.29, 0.717) is 18.4 Å². The molecule has 0 aromatic heterocycles. The van der Waals surface area contributed by atoms with Crippen molar-refractivity contribution >= 4 is 30.9 Å². The molecule has 7 atom stereocenters. The second-order valence-electron chi connectivity index (χ2n) is 10.8. The smallest absolute Gasteiger partial charge is 0.192 e. The van der Waals surface area contributed by atoms with Crippen molar-refractivity contribution in [3.63, 3.8) is 0 Å². The van der Waals surface area contributed by atoms with Gasteiger partial charge in [-0.2, -0.15) is 0 Å². The van der Waals surface area contributed by atoms with Crippen LogP contribution in [0.5, 0.6) is 0 Å². The van der Waals surface area contributed by atoms with Gasteiger partial charge in [-0.15, -0.1) is 0 Å². The highest BCUT2D eigenvalue weighted by atomic mass is 127. The van der Waals surface area contributed by atoms with E-state index in [4.69, 9.17) is 13.9 Å². The van der Waals surface area contributed by atoms with Gasteiger partial charge >= 0.3 is 0 Å². The molecule has 0 saturated carbocycles. The van der Waals surface area contributed by atoms with Gasteiger partial charge in [0.15, 0.2) is 8.32 Å². The maximum atomic E-state index is 10.8. The molecule has 0 amide bonds. The second kappa shape index (κ2) is 12.7. The minimum Gasteiger partial charge on any atom is -0.413 e. The minimum absolute atomic E-state index is 0.0442. The molecule has 0 aromatic rings. The van der Waals surface area contributed by atoms with Gasteiger partial charge in [0.1, 0.15) is 0 Å². The summed E-state index contributed by atoms with van der Waals surface area (Å²) in [6, 6.07) is 0. The first-order valence-electron chi connectivity index (χ1n) is 11.6. The number of aliphatic hydroxyl groups excluding tert-OH is 1. The van der Waals surface area contributed by atoms with Crippen molar-refractivity contribution in [3.8, 4) is 0 Å². The molecule has 0 bridgehead atoms. The lowest BCUT2D eigenvalue weighted by Gasteiger charge is -2.44. The van der Waals surface area contributed by atoms with Crippen LogP contribution >= 0.6 is 22.6 Å². The lowest BCUT2D eigenvalue weighted by atomic mass is 9.84. The third kappa shape index (κ3) is 8.81. The Balaban J connectivity index is 2.88. The molecular weight excluding hydrogens is 507 g/mol. The van der Waals surface area contributed by atoms with E-state index in [1.807, 2.05) is 10.2 Å². The van der Waals surface area contributed by atoms with Crippen molar-refractivity contribution in [2.24, 2.45) is 11.8 Å². The SMILES string of the molecule is CO[C@H]1C[C@H](CC[C@H](C)[C@H](O[Si](C)(C)C(C)(C)C)[C@H](C)[C@@H](O)C/C=C/I)O[C@@H](C)C1. The minimum atomic E-state index is -1.95. The van der Waals surface area contributed by atoms with Gasteiger partial charge in [-0.25, -0.2) is 0 Å². The molecule has 1 rings (SSSR count). The van der Waals surface area contributed by atoms with Gasteiger partial charge in [-0.1, -0.05) is 63.3 Å². The number of ether oxygens (including phenoxy) is 2. The summed E-state index contributed by atoms with van der Waals surface area (Å²) < 4.78 is 20.7. The summed E-state index contributed by atoms with van der Waals surface area (Å²) in [7, 11) is -0.145. The van der Waals surface area contributed by atoms with Crippen LogP contribution in [0.15, 0.2) is 10.2 Å². The fraction of sp³-hybridized carbons (Fsp3) is 0.917. The van der Waals surface area contributed by atoms with Gasteiger partial charge in [-0.3, -0.25) is 0 Å². The average molecular weight is 555 g/mol. The zero-order valence-electron chi connectivity index (χ0n) is 20.8. The monoisotopic (exact) mass is 554 g/mol. The van der Waals surface area contributed by atoms with Crippen LogP contribution in [0.1, 0.15) is 73.6 Å². The number of methoxy groups -OCH3 is 1. The summed E-state index contributed by atoms with van der Waals surface area (Å²) in [4.78, 5) is 0. The van der Waals surface area contributed by atoms with Crippen molar-refractivity contribution in [2.45, 2.75) is 122 Å². The van der Waals surface area contributed by atoms with Crippen molar-refractivity contribution < 1.29 is 19.0 Å². The maximum absolute atomic E-state index is 10.8. The van der Waals surface area contributed by atoms with Crippen LogP contribution in [-0.4, -0.2) is 51.1 Å². The molecule has 1 aliphatic heterocycles. The van der Waals surface area contributed by atoms with Crippen LogP contribution in [0, 0.1) is 11.8 Å². The zero-order chi connectivity index (χ0) is 23.1. The number of hydrogen-bond acceptors (Lipinski definition) is 4. The summed E-state index contributed by atoms with van der Waals surface area (Å²) >= 11 is 2.21. The fourth-order valence-corrected chi connectivity index (χ4v) is 5.85. The first-order valence-corrected chi connectivity index (χ1v) is 15.8. The highest BCUT2D eigenvalue weighted by Gasteiger charge is 2.42. The van der Waals surface area contributed by atoms with Gasteiger partial charge in [-0.05, 0) is 67.2 Å². The van der Waals surface area contributed by atoms with Crippen molar-refractivity contribution in [3.05, 3.63) is 10.2 Å². The molecule has 1 saturated heterocycles. The Morgan fingerprint density at radius 3 is 2.40 bits per heavy atom. The largest absolute Gasteiger partial charge is 0.413 e. The molecule has 4 nitrogen and oxygen atoms in total. The Kier molecular flexibility index (Phi) is 12.1. The Morgan fingerprint density at radius 2 is 1.87 bits per heavy atom. The van der Waals surface area contributed by atoms with Gasteiger partial charge in [0.2, 0.25) is 0 Å². The van der Waals surface area contributed by atoms with Crippen molar-refractivity contribution in [1.29, 1.82) is 0 Å². The Hall–Kier alpha value is 0.527. The molecule has 0 aromatic carbocycles. The predicted molar refractivity (Wildman–Crippen MR) is 138 cm³/mol. The van der Waals surface area contributed by atoms with Crippen LogP contribution in [0.25, 0.3) is 0 Å². The summed E-state index contributed by atoms with van der Waals surface area (Å²) in [6.45, 7) is 18.0. The normalized spacial score (nSPS) is 27.8. The summed E-state index contributed by atoms with van der Waals surface area (Å²) in [5, 5.41) is 11.0. The first-order chi connectivity index (χ1) is 13.8. The molecule has 6 heteroatoms. The van der Waals surface area contributed by atoms with Crippen LogP contribution in [-0.2, 0) is 13.9 Å². The summed E-state index contributed by atoms with van der Waals surface area (Å²) in [5.41, 5.74) is 0. The van der Waals surface area contributed by atoms with Crippen LogP contribution in [0.2, 0.25) is 18.1 Å². The second-order valence-corrected chi connectivity index (χ2v) is 16.3. The molecule has 0 spiro atoms. The molecule has 1 heterocycles. The molecule has 0 radical (unpaired) electrons. The van der Waals surface area contributed by atoms with Gasteiger partial charge < -0.3 is 19.0 Å². The van der Waals surface area contributed by atoms with Crippen LogP contribution in [0.4, 0.5) is 0 Å².